The van der Waals surface area contributed by atoms with E-state index in [0.717, 1.165) is 23.8 Å². The van der Waals surface area contributed by atoms with Gasteiger partial charge in [-0.15, -0.1) is 0 Å². The summed E-state index contributed by atoms with van der Waals surface area (Å²) in [5, 5.41) is 11.5. The molecule has 0 radical (unpaired) electrons. The van der Waals surface area contributed by atoms with Crippen LogP contribution in [-0.2, 0) is 0 Å². The van der Waals surface area contributed by atoms with Crippen molar-refractivity contribution in [2.45, 2.75) is 32.1 Å². The molecule has 1 fully saturated rings. The van der Waals surface area contributed by atoms with Crippen LogP contribution in [-0.4, -0.2) is 38.5 Å². The van der Waals surface area contributed by atoms with Crippen molar-refractivity contribution in [3.63, 3.8) is 0 Å². The van der Waals surface area contributed by atoms with Gasteiger partial charge >= 0.3 is 0 Å². The monoisotopic (exact) mass is 344 g/mol. The number of nitrogens with zero attached hydrogens (tertiary/aromatic N) is 4. The van der Waals surface area contributed by atoms with Gasteiger partial charge in [0.25, 0.3) is 5.69 Å². The van der Waals surface area contributed by atoms with Crippen molar-refractivity contribution in [1.82, 2.24) is 9.97 Å². The van der Waals surface area contributed by atoms with Gasteiger partial charge in [-0.05, 0) is 13.8 Å². The van der Waals surface area contributed by atoms with Crippen molar-refractivity contribution in [2.75, 3.05) is 17.2 Å². The Labute approximate surface area is 145 Å². The third kappa shape index (κ3) is 3.36. The Bertz CT molecular complexity index is 768. The van der Waals surface area contributed by atoms with E-state index in [-0.39, 0.29) is 5.69 Å². The average molecular weight is 344 g/mol. The Morgan fingerprint density at radius 2 is 2.08 bits per heavy atom. The van der Waals surface area contributed by atoms with Gasteiger partial charge in [0.05, 0.1) is 4.92 Å². The highest BCUT2D eigenvalue weighted by Crippen LogP contribution is 2.30. The second kappa shape index (κ2) is 6.76. The SMILES string of the molecule is Cc1cc(N2CCSC(C)C2C)nc(-c2cccc([N+](=O)[O-])c2)n1. The topological polar surface area (TPSA) is 72.2 Å². The molecule has 1 aliphatic rings. The van der Waals surface area contributed by atoms with E-state index in [9.17, 15) is 10.1 Å². The van der Waals surface area contributed by atoms with E-state index in [0.29, 0.717) is 22.7 Å². The molecule has 3 rings (SSSR count). The highest BCUT2D eigenvalue weighted by atomic mass is 32.2. The second-order valence-electron chi connectivity index (χ2n) is 6.01. The number of benzene rings is 1. The van der Waals surface area contributed by atoms with Gasteiger partial charge in [0.15, 0.2) is 5.82 Å². The van der Waals surface area contributed by atoms with Crippen LogP contribution in [0.2, 0.25) is 0 Å². The second-order valence-corrected chi connectivity index (χ2v) is 7.49. The number of aryl methyl sites for hydroxylation is 1. The Balaban J connectivity index is 2.00. The molecule has 1 aromatic carbocycles. The molecule has 0 spiro atoms. The van der Waals surface area contributed by atoms with E-state index in [1.54, 1.807) is 6.07 Å². The fourth-order valence-corrected chi connectivity index (χ4v) is 3.94. The first-order valence-electron chi connectivity index (χ1n) is 7.94. The maximum Gasteiger partial charge on any atom is 0.270 e. The van der Waals surface area contributed by atoms with E-state index < -0.39 is 4.92 Å². The van der Waals surface area contributed by atoms with Crippen LogP contribution < -0.4 is 4.90 Å². The molecule has 0 N–H and O–H groups in total. The molecule has 2 aromatic rings. The Morgan fingerprint density at radius 3 is 2.83 bits per heavy atom. The number of hydrogen-bond acceptors (Lipinski definition) is 6. The summed E-state index contributed by atoms with van der Waals surface area (Å²) in [6.07, 6.45) is 0. The maximum atomic E-state index is 11.0. The van der Waals surface area contributed by atoms with Gasteiger partial charge in [-0.25, -0.2) is 9.97 Å². The van der Waals surface area contributed by atoms with Gasteiger partial charge < -0.3 is 4.90 Å². The van der Waals surface area contributed by atoms with Gasteiger partial charge in [0, 0.05) is 53.0 Å². The number of nitro groups is 1. The van der Waals surface area contributed by atoms with Crippen LogP contribution in [0.4, 0.5) is 11.5 Å². The summed E-state index contributed by atoms with van der Waals surface area (Å²) < 4.78 is 0. The first-order valence-corrected chi connectivity index (χ1v) is 8.99. The molecule has 0 amide bonds. The molecule has 126 valence electrons. The fourth-order valence-electron chi connectivity index (χ4n) is 2.84. The van der Waals surface area contributed by atoms with Crippen molar-refractivity contribution < 1.29 is 4.92 Å². The normalized spacial score (nSPS) is 20.9. The zero-order chi connectivity index (χ0) is 17.3. The molecule has 2 unspecified atom stereocenters. The lowest BCUT2D eigenvalue weighted by atomic mass is 10.1. The summed E-state index contributed by atoms with van der Waals surface area (Å²) in [6.45, 7) is 7.32. The van der Waals surface area contributed by atoms with E-state index >= 15 is 0 Å². The lowest BCUT2D eigenvalue weighted by Gasteiger charge is -2.38. The summed E-state index contributed by atoms with van der Waals surface area (Å²) in [5.41, 5.74) is 1.58. The first kappa shape index (κ1) is 16.7. The lowest BCUT2D eigenvalue weighted by molar-refractivity contribution is -0.384. The van der Waals surface area contributed by atoms with Crippen LogP contribution in [0, 0.1) is 17.0 Å². The van der Waals surface area contributed by atoms with Gasteiger partial charge in [-0.2, -0.15) is 11.8 Å². The summed E-state index contributed by atoms with van der Waals surface area (Å²) in [7, 11) is 0. The fraction of sp³-hybridized carbons (Fsp3) is 0.412. The van der Waals surface area contributed by atoms with E-state index in [2.05, 4.69) is 23.7 Å². The number of rotatable bonds is 3. The highest BCUT2D eigenvalue weighted by molar-refractivity contribution is 8.00. The van der Waals surface area contributed by atoms with Crippen LogP contribution >= 0.6 is 11.8 Å². The van der Waals surface area contributed by atoms with Gasteiger partial charge in [-0.3, -0.25) is 10.1 Å². The third-order valence-corrected chi connectivity index (χ3v) is 5.67. The molecule has 1 saturated heterocycles. The smallest absolute Gasteiger partial charge is 0.270 e. The molecule has 1 aliphatic heterocycles. The molecule has 6 nitrogen and oxygen atoms in total. The van der Waals surface area contributed by atoms with Crippen molar-refractivity contribution in [3.8, 4) is 11.4 Å². The molecule has 0 aliphatic carbocycles. The van der Waals surface area contributed by atoms with Crippen molar-refractivity contribution in [2.24, 2.45) is 0 Å². The zero-order valence-electron chi connectivity index (χ0n) is 14.0. The Hall–Kier alpha value is -2.15. The van der Waals surface area contributed by atoms with E-state index in [1.807, 2.05) is 30.8 Å². The summed E-state index contributed by atoms with van der Waals surface area (Å²) in [6, 6.07) is 8.85. The minimum Gasteiger partial charge on any atom is -0.352 e. The quantitative estimate of drug-likeness (QED) is 0.624. The summed E-state index contributed by atoms with van der Waals surface area (Å²) in [5.74, 6) is 2.50. The molecular formula is C17H20N4O2S. The van der Waals surface area contributed by atoms with Crippen LogP contribution in [0.3, 0.4) is 0 Å². The molecule has 0 bridgehead atoms. The van der Waals surface area contributed by atoms with Crippen LogP contribution in [0.25, 0.3) is 11.4 Å². The number of nitro benzene ring substituents is 1. The summed E-state index contributed by atoms with van der Waals surface area (Å²) >= 11 is 1.97. The minimum atomic E-state index is -0.397. The van der Waals surface area contributed by atoms with Gasteiger partial charge in [0.2, 0.25) is 0 Å². The number of thioether (sulfide) groups is 1. The molecule has 7 heteroatoms. The van der Waals surface area contributed by atoms with Crippen LogP contribution in [0.15, 0.2) is 30.3 Å². The van der Waals surface area contributed by atoms with E-state index in [4.69, 9.17) is 4.98 Å². The summed E-state index contributed by atoms with van der Waals surface area (Å²) in [4.78, 5) is 22.1. The maximum absolute atomic E-state index is 11.0. The Kier molecular flexibility index (Phi) is 4.71. The molecule has 2 heterocycles. The largest absolute Gasteiger partial charge is 0.352 e. The predicted octanol–water partition coefficient (Wildman–Crippen LogP) is 3.69. The number of non-ortho nitro benzene ring substituents is 1. The van der Waals surface area contributed by atoms with Crippen LogP contribution in [0.5, 0.6) is 0 Å². The van der Waals surface area contributed by atoms with Crippen molar-refractivity contribution in [3.05, 3.63) is 46.1 Å². The first-order chi connectivity index (χ1) is 11.5. The number of anilines is 1. The number of hydrogen-bond donors (Lipinski definition) is 0. The van der Waals surface area contributed by atoms with Crippen molar-refractivity contribution >= 4 is 23.3 Å². The molecule has 24 heavy (non-hydrogen) atoms. The number of aromatic nitrogens is 2. The molecular weight excluding hydrogens is 324 g/mol. The van der Waals surface area contributed by atoms with Gasteiger partial charge in [-0.1, -0.05) is 19.1 Å². The average Bonchev–Trinajstić information content (AvgIpc) is 2.57. The van der Waals surface area contributed by atoms with Crippen LogP contribution in [0.1, 0.15) is 19.5 Å². The predicted molar refractivity (Wildman–Crippen MR) is 97.6 cm³/mol. The van der Waals surface area contributed by atoms with Crippen molar-refractivity contribution in [1.29, 1.82) is 0 Å². The molecule has 0 saturated carbocycles. The lowest BCUT2D eigenvalue weighted by Crippen LogP contribution is -2.45. The van der Waals surface area contributed by atoms with E-state index in [1.165, 1.54) is 12.1 Å². The molecule has 2 atom stereocenters. The minimum absolute atomic E-state index is 0.0514. The standard InChI is InChI=1S/C17H20N4O2S/c1-11-9-16(20-7-8-24-13(3)12(20)2)19-17(18-11)14-5-4-6-15(10-14)21(22)23/h4-6,9-10,12-13H,7-8H2,1-3H3. The Morgan fingerprint density at radius 1 is 1.29 bits per heavy atom. The highest BCUT2D eigenvalue weighted by Gasteiger charge is 2.26. The van der Waals surface area contributed by atoms with Gasteiger partial charge in [0.1, 0.15) is 5.82 Å². The molecule has 1 aromatic heterocycles. The zero-order valence-corrected chi connectivity index (χ0v) is 14.8. The third-order valence-electron chi connectivity index (χ3n) is 4.33.